The van der Waals surface area contributed by atoms with E-state index in [-0.39, 0.29) is 18.3 Å². The zero-order valence-corrected chi connectivity index (χ0v) is 18.2. The fourth-order valence-electron chi connectivity index (χ4n) is 2.93. The van der Waals surface area contributed by atoms with Crippen LogP contribution in [0.2, 0.25) is 10.0 Å². The van der Waals surface area contributed by atoms with E-state index in [9.17, 15) is 4.79 Å². The number of halogens is 2. The second kappa shape index (κ2) is 9.29. The number of benzene rings is 2. The highest BCUT2D eigenvalue weighted by Crippen LogP contribution is 2.19. The van der Waals surface area contributed by atoms with Gasteiger partial charge >= 0.3 is 0 Å². The van der Waals surface area contributed by atoms with E-state index in [4.69, 9.17) is 32.4 Å². The molecule has 4 aromatic rings. The molecule has 6 nitrogen and oxygen atoms in total. The average molecular weight is 456 g/mol. The highest BCUT2D eigenvalue weighted by molar-refractivity contribution is 6.30. The van der Waals surface area contributed by atoms with Crippen LogP contribution in [-0.2, 0) is 13.2 Å². The van der Waals surface area contributed by atoms with Crippen LogP contribution in [-0.4, -0.2) is 15.7 Å². The van der Waals surface area contributed by atoms with Crippen LogP contribution in [0.5, 0.6) is 5.75 Å². The molecule has 0 aliphatic carbocycles. The summed E-state index contributed by atoms with van der Waals surface area (Å²) in [7, 11) is 0. The SMILES string of the molecule is Cc1cc(NC(=O)c2ccc(COc3ccc(Cl)cc3)o2)nn1Cc1ccc(Cl)cc1. The van der Waals surface area contributed by atoms with E-state index < -0.39 is 0 Å². The van der Waals surface area contributed by atoms with E-state index in [1.54, 1.807) is 42.5 Å². The van der Waals surface area contributed by atoms with Crippen molar-refractivity contribution in [3.63, 3.8) is 0 Å². The van der Waals surface area contributed by atoms with Crippen LogP contribution in [0, 0.1) is 6.92 Å². The van der Waals surface area contributed by atoms with Gasteiger partial charge in [0, 0.05) is 21.8 Å². The normalized spacial score (nSPS) is 10.8. The molecule has 0 aliphatic heterocycles. The number of carbonyl (C=O) groups excluding carboxylic acids is 1. The molecule has 0 spiro atoms. The molecule has 0 saturated heterocycles. The Hall–Kier alpha value is -3.22. The van der Waals surface area contributed by atoms with E-state index >= 15 is 0 Å². The molecule has 0 fully saturated rings. The summed E-state index contributed by atoms with van der Waals surface area (Å²) in [5.74, 6) is 1.44. The smallest absolute Gasteiger partial charge is 0.292 e. The lowest BCUT2D eigenvalue weighted by molar-refractivity contribution is 0.0992. The quantitative estimate of drug-likeness (QED) is 0.372. The highest BCUT2D eigenvalue weighted by Gasteiger charge is 2.14. The Kier molecular flexibility index (Phi) is 6.30. The Morgan fingerprint density at radius 2 is 1.71 bits per heavy atom. The lowest BCUT2D eigenvalue weighted by Crippen LogP contribution is -2.12. The van der Waals surface area contributed by atoms with Crippen molar-refractivity contribution in [2.45, 2.75) is 20.1 Å². The largest absolute Gasteiger partial charge is 0.486 e. The molecule has 1 amide bonds. The van der Waals surface area contributed by atoms with Gasteiger partial charge in [-0.2, -0.15) is 5.10 Å². The lowest BCUT2D eigenvalue weighted by Gasteiger charge is -2.05. The second-order valence-electron chi connectivity index (χ2n) is 6.92. The number of carbonyl (C=O) groups is 1. The van der Waals surface area contributed by atoms with Crippen molar-refractivity contribution in [3.05, 3.63) is 99.6 Å². The van der Waals surface area contributed by atoms with Gasteiger partial charge in [-0.25, -0.2) is 0 Å². The molecule has 0 aliphatic rings. The molecule has 0 radical (unpaired) electrons. The fourth-order valence-corrected chi connectivity index (χ4v) is 3.19. The molecular weight excluding hydrogens is 437 g/mol. The standard InChI is InChI=1S/C23H19Cl2N3O3/c1-15-12-22(27-28(15)13-16-2-4-17(24)5-3-16)26-23(29)21-11-10-20(31-21)14-30-19-8-6-18(25)7-9-19/h2-12H,13-14H2,1H3,(H,26,27,29). The summed E-state index contributed by atoms with van der Waals surface area (Å²) in [6, 6.07) is 19.7. The van der Waals surface area contributed by atoms with E-state index in [1.165, 1.54) is 0 Å². The van der Waals surface area contributed by atoms with E-state index in [2.05, 4.69) is 10.4 Å². The predicted molar refractivity (Wildman–Crippen MR) is 120 cm³/mol. The molecule has 0 atom stereocenters. The van der Waals surface area contributed by atoms with E-state index in [1.807, 2.05) is 35.9 Å². The average Bonchev–Trinajstić information content (AvgIpc) is 3.36. The van der Waals surface area contributed by atoms with Crippen molar-refractivity contribution in [2.75, 3.05) is 5.32 Å². The minimum atomic E-state index is -0.381. The molecule has 2 aromatic carbocycles. The van der Waals surface area contributed by atoms with E-state index in [0.29, 0.717) is 33.9 Å². The summed E-state index contributed by atoms with van der Waals surface area (Å²) in [6.45, 7) is 2.70. The van der Waals surface area contributed by atoms with Crippen LogP contribution in [0.4, 0.5) is 5.82 Å². The summed E-state index contributed by atoms with van der Waals surface area (Å²) in [5, 5.41) is 8.54. The van der Waals surface area contributed by atoms with Gasteiger partial charge in [0.1, 0.15) is 18.1 Å². The molecular formula is C23H19Cl2N3O3. The zero-order valence-electron chi connectivity index (χ0n) is 16.6. The number of nitrogens with one attached hydrogen (secondary N) is 1. The van der Waals surface area contributed by atoms with Gasteiger partial charge < -0.3 is 14.5 Å². The first-order valence-electron chi connectivity index (χ1n) is 9.53. The van der Waals surface area contributed by atoms with Gasteiger partial charge in [-0.1, -0.05) is 35.3 Å². The van der Waals surface area contributed by atoms with Crippen molar-refractivity contribution in [3.8, 4) is 5.75 Å². The molecule has 0 bridgehead atoms. The number of hydrogen-bond donors (Lipinski definition) is 1. The minimum absolute atomic E-state index is 0.180. The van der Waals surface area contributed by atoms with Gasteiger partial charge in [-0.05, 0) is 61.0 Å². The first-order chi connectivity index (χ1) is 15.0. The zero-order chi connectivity index (χ0) is 21.8. The minimum Gasteiger partial charge on any atom is -0.486 e. The van der Waals surface area contributed by atoms with Crippen LogP contribution in [0.1, 0.15) is 27.6 Å². The van der Waals surface area contributed by atoms with Crippen LogP contribution in [0.15, 0.2) is 71.1 Å². The number of furan rings is 1. The van der Waals surface area contributed by atoms with Gasteiger partial charge in [0.05, 0.1) is 6.54 Å². The maximum atomic E-state index is 12.5. The first-order valence-corrected chi connectivity index (χ1v) is 10.3. The molecule has 2 heterocycles. The number of hydrogen-bond acceptors (Lipinski definition) is 4. The molecule has 2 aromatic heterocycles. The number of ether oxygens (including phenoxy) is 1. The van der Waals surface area contributed by atoms with Crippen molar-refractivity contribution >= 4 is 34.9 Å². The third kappa shape index (κ3) is 5.48. The van der Waals surface area contributed by atoms with Gasteiger partial charge in [-0.3, -0.25) is 9.48 Å². The molecule has 1 N–H and O–H groups in total. The Bertz CT molecular complexity index is 1180. The predicted octanol–water partition coefficient (Wildman–Crippen LogP) is 5.97. The molecule has 0 unspecified atom stereocenters. The maximum absolute atomic E-state index is 12.5. The van der Waals surface area contributed by atoms with Crippen LogP contribution in [0.3, 0.4) is 0 Å². The Morgan fingerprint density at radius 3 is 2.42 bits per heavy atom. The number of nitrogens with zero attached hydrogens (tertiary/aromatic N) is 2. The van der Waals surface area contributed by atoms with E-state index in [0.717, 1.165) is 11.3 Å². The Morgan fingerprint density at radius 1 is 1.03 bits per heavy atom. The van der Waals surface area contributed by atoms with Crippen LogP contribution >= 0.6 is 23.2 Å². The molecule has 158 valence electrons. The lowest BCUT2D eigenvalue weighted by atomic mass is 10.2. The van der Waals surface area contributed by atoms with Crippen LogP contribution < -0.4 is 10.1 Å². The highest BCUT2D eigenvalue weighted by atomic mass is 35.5. The van der Waals surface area contributed by atoms with Crippen molar-refractivity contribution in [1.82, 2.24) is 9.78 Å². The first kappa shape index (κ1) is 21.0. The van der Waals surface area contributed by atoms with Crippen LogP contribution in [0.25, 0.3) is 0 Å². The number of rotatable bonds is 7. The van der Waals surface area contributed by atoms with Crippen molar-refractivity contribution < 1.29 is 13.9 Å². The van der Waals surface area contributed by atoms with Gasteiger partial charge in [0.15, 0.2) is 11.6 Å². The summed E-state index contributed by atoms with van der Waals surface area (Å²) in [5.41, 5.74) is 1.98. The third-order valence-electron chi connectivity index (χ3n) is 4.55. The summed E-state index contributed by atoms with van der Waals surface area (Å²) in [4.78, 5) is 12.5. The van der Waals surface area contributed by atoms with Crippen molar-refractivity contribution in [1.29, 1.82) is 0 Å². The Labute approximate surface area is 189 Å². The topological polar surface area (TPSA) is 69.3 Å². The fraction of sp³-hybridized carbons (Fsp3) is 0.130. The number of aryl methyl sites for hydroxylation is 1. The number of anilines is 1. The summed E-state index contributed by atoms with van der Waals surface area (Å²) >= 11 is 11.8. The Balaban J connectivity index is 1.36. The summed E-state index contributed by atoms with van der Waals surface area (Å²) < 4.78 is 13.0. The third-order valence-corrected chi connectivity index (χ3v) is 5.05. The van der Waals surface area contributed by atoms with Gasteiger partial charge in [0.2, 0.25) is 0 Å². The summed E-state index contributed by atoms with van der Waals surface area (Å²) in [6.07, 6.45) is 0. The molecule has 31 heavy (non-hydrogen) atoms. The monoisotopic (exact) mass is 455 g/mol. The van der Waals surface area contributed by atoms with Gasteiger partial charge in [0.25, 0.3) is 5.91 Å². The second-order valence-corrected chi connectivity index (χ2v) is 7.79. The number of amides is 1. The number of aromatic nitrogens is 2. The molecule has 4 rings (SSSR count). The molecule has 8 heteroatoms. The maximum Gasteiger partial charge on any atom is 0.292 e. The van der Waals surface area contributed by atoms with Crippen molar-refractivity contribution in [2.24, 2.45) is 0 Å². The molecule has 0 saturated carbocycles. The van der Waals surface area contributed by atoms with Gasteiger partial charge in [-0.15, -0.1) is 0 Å².